The van der Waals surface area contributed by atoms with Crippen molar-refractivity contribution in [2.75, 3.05) is 25.9 Å². The number of nitrogens with zero attached hydrogens (tertiary/aromatic N) is 2. The van der Waals surface area contributed by atoms with E-state index in [4.69, 9.17) is 23.2 Å². The zero-order chi connectivity index (χ0) is 20.1. The van der Waals surface area contributed by atoms with Crippen molar-refractivity contribution in [3.8, 4) is 0 Å². The van der Waals surface area contributed by atoms with Crippen molar-refractivity contribution >= 4 is 39.1 Å². The molecule has 0 bridgehead atoms. The lowest BCUT2D eigenvalue weighted by Crippen LogP contribution is -2.41. The molecule has 9 heteroatoms. The first-order valence-electron chi connectivity index (χ1n) is 8.83. The van der Waals surface area contributed by atoms with Crippen LogP contribution in [-0.2, 0) is 15.4 Å². The van der Waals surface area contributed by atoms with Crippen LogP contribution < -0.4 is 5.32 Å². The van der Waals surface area contributed by atoms with Crippen LogP contribution in [0.3, 0.4) is 0 Å². The normalized spacial score (nSPS) is 26.7. The summed E-state index contributed by atoms with van der Waals surface area (Å²) in [6.45, 7) is 1.25. The standard InChI is InChI=1S/C19H19Cl2N3O3S/c1-28(26,27)24-9-14-15(10-24)19(14,17-4-2-3-7-22-17)11-23-18(25)13-6-5-12(20)8-16(13)21/h2-8,14-15H,9-11H2,1H3,(H,23,25). The third-order valence-corrected chi connectivity index (χ3v) is 7.61. The third-order valence-electron chi connectivity index (χ3n) is 5.83. The number of sulfonamides is 1. The number of hydrogen-bond donors (Lipinski definition) is 1. The molecule has 2 heterocycles. The number of benzene rings is 1. The molecule has 1 saturated carbocycles. The van der Waals surface area contributed by atoms with Gasteiger partial charge in [0.25, 0.3) is 5.91 Å². The number of carbonyl (C=O) groups excluding carboxylic acids is 1. The molecule has 0 radical (unpaired) electrons. The van der Waals surface area contributed by atoms with Gasteiger partial charge < -0.3 is 5.32 Å². The van der Waals surface area contributed by atoms with Gasteiger partial charge in [0.15, 0.2) is 0 Å². The van der Waals surface area contributed by atoms with Gasteiger partial charge in [-0.3, -0.25) is 9.78 Å². The Balaban J connectivity index is 1.55. The minimum Gasteiger partial charge on any atom is -0.351 e. The fourth-order valence-electron chi connectivity index (χ4n) is 4.34. The lowest BCUT2D eigenvalue weighted by molar-refractivity contribution is 0.0947. The Hall–Kier alpha value is -1.67. The number of fused-ring (bicyclic) bond motifs is 1. The molecule has 1 aliphatic carbocycles. The van der Waals surface area contributed by atoms with E-state index in [2.05, 4.69) is 10.3 Å². The average molecular weight is 440 g/mol. The van der Waals surface area contributed by atoms with E-state index < -0.39 is 10.0 Å². The van der Waals surface area contributed by atoms with Crippen LogP contribution in [0.15, 0.2) is 42.6 Å². The highest BCUT2D eigenvalue weighted by Gasteiger charge is 2.70. The number of piperidine rings is 1. The third kappa shape index (κ3) is 3.30. The Bertz CT molecular complexity index is 1020. The van der Waals surface area contributed by atoms with Gasteiger partial charge in [0.1, 0.15) is 0 Å². The Labute approximate surface area is 173 Å². The van der Waals surface area contributed by atoms with Crippen LogP contribution in [0.1, 0.15) is 16.1 Å². The summed E-state index contributed by atoms with van der Waals surface area (Å²) in [5, 5.41) is 3.72. The molecule has 148 valence electrons. The minimum atomic E-state index is -3.23. The molecule has 28 heavy (non-hydrogen) atoms. The smallest absolute Gasteiger partial charge is 0.252 e. The Morgan fingerprint density at radius 3 is 2.54 bits per heavy atom. The quantitative estimate of drug-likeness (QED) is 0.775. The first-order chi connectivity index (χ1) is 13.2. The maximum Gasteiger partial charge on any atom is 0.252 e. The second-order valence-corrected chi connectivity index (χ2v) is 10.2. The summed E-state index contributed by atoms with van der Waals surface area (Å²) in [4.78, 5) is 17.2. The zero-order valence-corrected chi connectivity index (χ0v) is 17.4. The zero-order valence-electron chi connectivity index (χ0n) is 15.1. The number of halogens is 2. The molecule has 2 aromatic rings. The Kier molecular flexibility index (Phi) is 4.90. The molecule has 2 fully saturated rings. The number of hydrogen-bond acceptors (Lipinski definition) is 4. The average Bonchev–Trinajstić information content (AvgIpc) is 2.99. The van der Waals surface area contributed by atoms with E-state index in [0.717, 1.165) is 5.69 Å². The lowest BCUT2D eigenvalue weighted by atomic mass is 9.94. The molecule has 1 aromatic carbocycles. The highest BCUT2D eigenvalue weighted by molar-refractivity contribution is 7.88. The van der Waals surface area contributed by atoms with Crippen molar-refractivity contribution in [3.05, 3.63) is 63.9 Å². The van der Waals surface area contributed by atoms with E-state index in [1.54, 1.807) is 18.3 Å². The van der Waals surface area contributed by atoms with Gasteiger partial charge >= 0.3 is 0 Å². The van der Waals surface area contributed by atoms with E-state index in [1.807, 2.05) is 18.2 Å². The number of nitrogens with one attached hydrogen (secondary N) is 1. The SMILES string of the molecule is CS(=O)(=O)N1CC2C(C1)C2(CNC(=O)c1ccc(Cl)cc1Cl)c1ccccn1. The highest BCUT2D eigenvalue weighted by Crippen LogP contribution is 2.63. The summed E-state index contributed by atoms with van der Waals surface area (Å²) in [7, 11) is -3.23. The summed E-state index contributed by atoms with van der Waals surface area (Å²) in [5.41, 5.74) is 0.864. The van der Waals surface area contributed by atoms with Crippen molar-refractivity contribution in [2.24, 2.45) is 11.8 Å². The summed E-state index contributed by atoms with van der Waals surface area (Å²) in [6, 6.07) is 10.4. The molecule has 0 spiro atoms. The first-order valence-corrected chi connectivity index (χ1v) is 11.4. The number of carbonyl (C=O) groups is 1. The predicted octanol–water partition coefficient (Wildman–Crippen LogP) is 2.58. The van der Waals surface area contributed by atoms with Gasteiger partial charge in [-0.2, -0.15) is 0 Å². The van der Waals surface area contributed by atoms with Crippen LogP contribution in [-0.4, -0.2) is 49.5 Å². The van der Waals surface area contributed by atoms with Crippen LogP contribution in [0.25, 0.3) is 0 Å². The molecule has 2 atom stereocenters. The minimum absolute atomic E-state index is 0.123. The van der Waals surface area contributed by atoms with E-state index >= 15 is 0 Å². The molecule has 6 nitrogen and oxygen atoms in total. The molecular formula is C19H19Cl2N3O3S. The van der Waals surface area contributed by atoms with Gasteiger partial charge in [0.2, 0.25) is 10.0 Å². The molecule has 4 rings (SSSR count). The maximum atomic E-state index is 12.7. The number of pyridine rings is 1. The number of rotatable bonds is 5. The van der Waals surface area contributed by atoms with Gasteiger partial charge in [-0.05, 0) is 42.2 Å². The molecule has 1 aliphatic heterocycles. The predicted molar refractivity (Wildman–Crippen MR) is 108 cm³/mol. The topological polar surface area (TPSA) is 79.4 Å². The maximum absolute atomic E-state index is 12.7. The monoisotopic (exact) mass is 439 g/mol. The Morgan fingerprint density at radius 2 is 1.96 bits per heavy atom. The first kappa shape index (κ1) is 19.6. The molecule has 1 aromatic heterocycles. The van der Waals surface area contributed by atoms with Crippen molar-refractivity contribution in [2.45, 2.75) is 5.41 Å². The summed E-state index contributed by atoms with van der Waals surface area (Å²) < 4.78 is 25.3. The fraction of sp³-hybridized carbons (Fsp3) is 0.368. The van der Waals surface area contributed by atoms with E-state index in [9.17, 15) is 13.2 Å². The van der Waals surface area contributed by atoms with Crippen LogP contribution in [0.5, 0.6) is 0 Å². The molecular weight excluding hydrogens is 421 g/mol. The van der Waals surface area contributed by atoms with Crippen LogP contribution >= 0.6 is 23.2 Å². The van der Waals surface area contributed by atoms with E-state index in [1.165, 1.54) is 16.6 Å². The lowest BCUT2D eigenvalue weighted by Gasteiger charge is -2.25. The highest BCUT2D eigenvalue weighted by atomic mass is 35.5. The van der Waals surface area contributed by atoms with Gasteiger partial charge in [0, 0.05) is 42.0 Å². The second-order valence-electron chi connectivity index (χ2n) is 7.36. The molecule has 1 amide bonds. The van der Waals surface area contributed by atoms with E-state index in [0.29, 0.717) is 30.2 Å². The van der Waals surface area contributed by atoms with Gasteiger partial charge in [-0.15, -0.1) is 0 Å². The van der Waals surface area contributed by atoms with Crippen LogP contribution in [0, 0.1) is 11.8 Å². The Morgan fingerprint density at radius 1 is 1.25 bits per heavy atom. The molecule has 1 saturated heterocycles. The molecule has 2 aliphatic rings. The number of aromatic nitrogens is 1. The van der Waals surface area contributed by atoms with Crippen LogP contribution in [0.2, 0.25) is 10.0 Å². The van der Waals surface area contributed by atoms with Gasteiger partial charge in [0.05, 0.1) is 16.8 Å². The molecule has 1 N–H and O–H groups in total. The summed E-state index contributed by atoms with van der Waals surface area (Å²) in [6.07, 6.45) is 2.95. The summed E-state index contributed by atoms with van der Waals surface area (Å²) >= 11 is 12.0. The van der Waals surface area contributed by atoms with Crippen LogP contribution in [0.4, 0.5) is 0 Å². The fourth-order valence-corrected chi connectivity index (χ4v) is 5.69. The van der Waals surface area contributed by atoms with Gasteiger partial charge in [-0.1, -0.05) is 29.3 Å². The van der Waals surface area contributed by atoms with Crippen molar-refractivity contribution < 1.29 is 13.2 Å². The van der Waals surface area contributed by atoms with Crippen molar-refractivity contribution in [3.63, 3.8) is 0 Å². The number of amides is 1. The van der Waals surface area contributed by atoms with Gasteiger partial charge in [-0.25, -0.2) is 12.7 Å². The van der Waals surface area contributed by atoms with Crippen molar-refractivity contribution in [1.29, 1.82) is 0 Å². The van der Waals surface area contributed by atoms with E-state index in [-0.39, 0.29) is 28.2 Å². The molecule has 2 unspecified atom stereocenters. The second kappa shape index (κ2) is 6.99. The van der Waals surface area contributed by atoms with Crippen molar-refractivity contribution in [1.82, 2.24) is 14.6 Å². The summed E-state index contributed by atoms with van der Waals surface area (Å²) in [5.74, 6) is -0.0434. The largest absolute Gasteiger partial charge is 0.351 e.